The third kappa shape index (κ3) is 3.85. The van der Waals surface area contributed by atoms with Crippen molar-refractivity contribution in [2.24, 2.45) is 5.92 Å². The van der Waals surface area contributed by atoms with Gasteiger partial charge in [0, 0.05) is 24.2 Å². The molecule has 0 radical (unpaired) electrons. The van der Waals surface area contributed by atoms with E-state index in [1.54, 1.807) is 28.7 Å². The molecule has 0 unspecified atom stereocenters. The Kier molecular flexibility index (Phi) is 5.08. The van der Waals surface area contributed by atoms with Gasteiger partial charge in [-0.15, -0.1) is 11.3 Å². The number of rotatable bonds is 5. The van der Waals surface area contributed by atoms with E-state index in [4.69, 9.17) is 0 Å². The first kappa shape index (κ1) is 17.5. The van der Waals surface area contributed by atoms with Crippen molar-refractivity contribution >= 4 is 33.1 Å². The first-order chi connectivity index (χ1) is 12.0. The van der Waals surface area contributed by atoms with E-state index in [1.165, 1.54) is 12.1 Å². The Hall–Kier alpha value is -2.34. The molecule has 3 rings (SSSR count). The molecule has 0 bridgehead atoms. The fourth-order valence-corrected chi connectivity index (χ4v) is 3.57. The molecule has 0 fully saturated rings. The number of halogens is 2. The predicted octanol–water partition coefficient (Wildman–Crippen LogP) is 4.81. The summed E-state index contributed by atoms with van der Waals surface area (Å²) >= 11 is 1.55. The molecule has 3 aromatic rings. The summed E-state index contributed by atoms with van der Waals surface area (Å²) in [5.41, 5.74) is 3.88. The normalized spacial score (nSPS) is 12.3. The minimum Gasteiger partial charge on any atom is -0.312 e. The number of carbonyl (C=O) groups excluding carboxylic acids is 1. The van der Waals surface area contributed by atoms with E-state index in [-0.39, 0.29) is 12.3 Å². The Morgan fingerprint density at radius 2 is 1.92 bits per heavy atom. The topological polar surface area (TPSA) is 33.2 Å². The maximum atomic E-state index is 13.3. The standard InChI is InChI=1S/C19H18F2N2OS/c1-3-23(16-4-5-18-17(10-16)22-11-25-18)19(24)12(2)6-13-7-14(20)9-15(21)8-13/h4-5,7-12H,3,6H2,1-2H3/t12-/m0/s1. The van der Waals surface area contributed by atoms with E-state index in [0.717, 1.165) is 22.0 Å². The van der Waals surface area contributed by atoms with E-state index in [2.05, 4.69) is 4.98 Å². The minimum absolute atomic E-state index is 0.0817. The van der Waals surface area contributed by atoms with Crippen molar-refractivity contribution in [2.75, 3.05) is 11.4 Å². The van der Waals surface area contributed by atoms with Crippen molar-refractivity contribution in [3.8, 4) is 0 Å². The van der Waals surface area contributed by atoms with Crippen LogP contribution in [-0.2, 0) is 11.2 Å². The van der Waals surface area contributed by atoms with Gasteiger partial charge in [-0.25, -0.2) is 13.8 Å². The molecule has 0 aliphatic rings. The molecule has 3 nitrogen and oxygen atoms in total. The number of thiazole rings is 1. The van der Waals surface area contributed by atoms with Gasteiger partial charge in [-0.1, -0.05) is 6.92 Å². The molecule has 25 heavy (non-hydrogen) atoms. The molecule has 2 aromatic carbocycles. The van der Waals surface area contributed by atoms with Crippen molar-refractivity contribution in [1.29, 1.82) is 0 Å². The van der Waals surface area contributed by atoms with Crippen molar-refractivity contribution in [1.82, 2.24) is 4.98 Å². The Morgan fingerprint density at radius 1 is 1.20 bits per heavy atom. The number of nitrogens with zero attached hydrogens (tertiary/aromatic N) is 2. The lowest BCUT2D eigenvalue weighted by Crippen LogP contribution is -2.35. The summed E-state index contributed by atoms with van der Waals surface area (Å²) in [6.45, 7) is 4.18. The number of hydrogen-bond acceptors (Lipinski definition) is 3. The van der Waals surface area contributed by atoms with Crippen LogP contribution in [0.2, 0.25) is 0 Å². The summed E-state index contributed by atoms with van der Waals surface area (Å²) in [6.07, 6.45) is 0.281. The number of fused-ring (bicyclic) bond motifs is 1. The largest absolute Gasteiger partial charge is 0.312 e. The van der Waals surface area contributed by atoms with Crippen LogP contribution in [0.4, 0.5) is 14.5 Å². The lowest BCUT2D eigenvalue weighted by molar-refractivity contribution is -0.121. The highest BCUT2D eigenvalue weighted by molar-refractivity contribution is 7.16. The van der Waals surface area contributed by atoms with Crippen LogP contribution in [0.5, 0.6) is 0 Å². The molecular weight excluding hydrogens is 342 g/mol. The highest BCUT2D eigenvalue weighted by Gasteiger charge is 2.22. The Labute approximate surface area is 148 Å². The number of aromatic nitrogens is 1. The lowest BCUT2D eigenvalue weighted by atomic mass is 9.99. The Balaban J connectivity index is 1.80. The highest BCUT2D eigenvalue weighted by Crippen LogP contribution is 2.25. The van der Waals surface area contributed by atoms with E-state index in [9.17, 15) is 13.6 Å². The molecule has 0 saturated carbocycles. The molecule has 1 aromatic heterocycles. The van der Waals surface area contributed by atoms with Crippen LogP contribution in [-0.4, -0.2) is 17.4 Å². The molecule has 130 valence electrons. The number of benzene rings is 2. The molecule has 0 aliphatic carbocycles. The van der Waals surface area contributed by atoms with Crippen molar-refractivity contribution in [3.63, 3.8) is 0 Å². The van der Waals surface area contributed by atoms with Gasteiger partial charge < -0.3 is 4.90 Å². The van der Waals surface area contributed by atoms with Crippen molar-refractivity contribution in [3.05, 3.63) is 59.1 Å². The molecule has 1 heterocycles. The summed E-state index contributed by atoms with van der Waals surface area (Å²) in [7, 11) is 0. The second-order valence-corrected chi connectivity index (χ2v) is 6.86. The molecular formula is C19H18F2N2OS. The smallest absolute Gasteiger partial charge is 0.230 e. The quantitative estimate of drug-likeness (QED) is 0.654. The molecule has 0 saturated heterocycles. The van der Waals surface area contributed by atoms with Gasteiger partial charge in [0.25, 0.3) is 0 Å². The van der Waals surface area contributed by atoms with Crippen LogP contribution < -0.4 is 4.90 Å². The zero-order chi connectivity index (χ0) is 18.0. The van der Waals surface area contributed by atoms with Crippen LogP contribution >= 0.6 is 11.3 Å². The number of hydrogen-bond donors (Lipinski definition) is 0. The van der Waals surface area contributed by atoms with Crippen LogP contribution in [0.3, 0.4) is 0 Å². The van der Waals surface area contributed by atoms with E-state index < -0.39 is 17.6 Å². The van der Waals surface area contributed by atoms with Gasteiger partial charge >= 0.3 is 0 Å². The van der Waals surface area contributed by atoms with Crippen LogP contribution in [0.25, 0.3) is 10.2 Å². The third-order valence-electron chi connectivity index (χ3n) is 4.09. The summed E-state index contributed by atoms with van der Waals surface area (Å²) in [6, 6.07) is 9.11. The fraction of sp³-hybridized carbons (Fsp3) is 0.263. The van der Waals surface area contributed by atoms with Crippen LogP contribution in [0.15, 0.2) is 41.9 Å². The number of carbonyl (C=O) groups is 1. The van der Waals surface area contributed by atoms with E-state index in [1.807, 2.05) is 25.1 Å². The SMILES string of the molecule is CCN(C(=O)[C@@H](C)Cc1cc(F)cc(F)c1)c1ccc2scnc2c1. The Morgan fingerprint density at radius 3 is 2.60 bits per heavy atom. The summed E-state index contributed by atoms with van der Waals surface area (Å²) in [5, 5.41) is 0. The van der Waals surface area contributed by atoms with Gasteiger partial charge in [-0.2, -0.15) is 0 Å². The van der Waals surface area contributed by atoms with Gasteiger partial charge in [0.05, 0.1) is 15.7 Å². The third-order valence-corrected chi connectivity index (χ3v) is 4.90. The van der Waals surface area contributed by atoms with Gasteiger partial charge in [0.1, 0.15) is 11.6 Å². The van der Waals surface area contributed by atoms with E-state index >= 15 is 0 Å². The van der Waals surface area contributed by atoms with Crippen molar-refractivity contribution < 1.29 is 13.6 Å². The maximum Gasteiger partial charge on any atom is 0.230 e. The van der Waals surface area contributed by atoms with Gasteiger partial charge in [-0.05, 0) is 49.2 Å². The monoisotopic (exact) mass is 360 g/mol. The molecule has 1 amide bonds. The number of amides is 1. The molecule has 6 heteroatoms. The fourth-order valence-electron chi connectivity index (χ4n) is 2.92. The second-order valence-electron chi connectivity index (χ2n) is 5.97. The van der Waals surface area contributed by atoms with Gasteiger partial charge in [0.2, 0.25) is 5.91 Å². The van der Waals surface area contributed by atoms with Crippen LogP contribution in [0, 0.1) is 17.6 Å². The molecule has 0 spiro atoms. The zero-order valence-corrected chi connectivity index (χ0v) is 14.8. The predicted molar refractivity (Wildman–Crippen MR) is 96.9 cm³/mol. The molecule has 0 N–H and O–H groups in total. The lowest BCUT2D eigenvalue weighted by Gasteiger charge is -2.24. The summed E-state index contributed by atoms with van der Waals surface area (Å²) in [4.78, 5) is 18.8. The summed E-state index contributed by atoms with van der Waals surface area (Å²) in [5.74, 6) is -1.74. The minimum atomic E-state index is -0.629. The van der Waals surface area contributed by atoms with E-state index in [0.29, 0.717) is 12.1 Å². The Bertz CT molecular complexity index is 889. The maximum absolute atomic E-state index is 13.3. The average molecular weight is 360 g/mol. The van der Waals surface area contributed by atoms with Crippen LogP contribution in [0.1, 0.15) is 19.4 Å². The van der Waals surface area contributed by atoms with Gasteiger partial charge in [0.15, 0.2) is 0 Å². The summed E-state index contributed by atoms with van der Waals surface area (Å²) < 4.78 is 27.8. The average Bonchev–Trinajstić information content (AvgIpc) is 3.02. The molecule has 1 atom stereocenters. The number of anilines is 1. The zero-order valence-electron chi connectivity index (χ0n) is 14.0. The highest BCUT2D eigenvalue weighted by atomic mass is 32.1. The first-order valence-electron chi connectivity index (χ1n) is 8.07. The van der Waals surface area contributed by atoms with Crippen molar-refractivity contribution in [2.45, 2.75) is 20.3 Å². The van der Waals surface area contributed by atoms with Gasteiger partial charge in [-0.3, -0.25) is 4.79 Å². The first-order valence-corrected chi connectivity index (χ1v) is 8.95. The second kappa shape index (κ2) is 7.27. The molecule has 0 aliphatic heterocycles.